The second kappa shape index (κ2) is 15.5. The summed E-state index contributed by atoms with van der Waals surface area (Å²) in [7, 11) is 0. The molecule has 0 saturated heterocycles. The summed E-state index contributed by atoms with van der Waals surface area (Å²) in [5.74, 6) is 1.39. The van der Waals surface area contributed by atoms with Gasteiger partial charge in [0.1, 0.15) is 5.65 Å². The Morgan fingerprint density at radius 3 is 1.33 bits per heavy atom. The summed E-state index contributed by atoms with van der Waals surface area (Å²) in [4.78, 5) is 20.7. The molecule has 0 atom stereocenters. The molecule has 286 valence electrons. The van der Waals surface area contributed by atoms with Crippen LogP contribution in [-0.4, -0.2) is 24.5 Å². The fourth-order valence-corrected chi connectivity index (χ4v) is 8.27. The second-order valence-corrected chi connectivity index (χ2v) is 15.1. The number of hydrogen-bond acceptors (Lipinski definition) is 4. The topological polar surface area (TPSA) is 56.5 Å². The minimum absolute atomic E-state index is 0.686. The monoisotopic (exact) mass is 779 g/mol. The minimum Gasteiger partial charge on any atom is -0.294 e. The maximum absolute atomic E-state index is 5.35. The minimum atomic E-state index is 0.686. The van der Waals surface area contributed by atoms with E-state index < -0.39 is 0 Å². The standard InChI is InChI=1S/C56H37N5/c1-5-18-38(19-6-1)49-37-50(58-54(57-49)39-20-7-2-8-21-39)45-28-16-26-43(35-45)41-24-15-25-42(34-41)44-27-17-29-46(36-44)53-52-48-32-13-14-33-51(48)61(47-30-11-4-12-31-47)56(52)60-55(59-53)40-22-9-3-10-23-40/h1-37H. The van der Waals surface area contributed by atoms with Crippen molar-refractivity contribution < 1.29 is 0 Å². The molecule has 8 aromatic carbocycles. The first kappa shape index (κ1) is 35.8. The van der Waals surface area contributed by atoms with Crippen LogP contribution in [0.2, 0.25) is 0 Å². The van der Waals surface area contributed by atoms with E-state index in [9.17, 15) is 0 Å². The molecule has 5 heteroatoms. The van der Waals surface area contributed by atoms with Crippen LogP contribution in [0, 0.1) is 0 Å². The molecule has 0 spiro atoms. The lowest BCUT2D eigenvalue weighted by molar-refractivity contribution is 1.11. The molecule has 0 aliphatic heterocycles. The van der Waals surface area contributed by atoms with Crippen LogP contribution in [0.1, 0.15) is 0 Å². The third-order valence-electron chi connectivity index (χ3n) is 11.2. The fourth-order valence-electron chi connectivity index (χ4n) is 8.27. The van der Waals surface area contributed by atoms with E-state index in [1.165, 1.54) is 0 Å². The van der Waals surface area contributed by atoms with Gasteiger partial charge in [0.15, 0.2) is 11.6 Å². The van der Waals surface area contributed by atoms with Crippen molar-refractivity contribution in [3.8, 4) is 84.5 Å². The lowest BCUT2D eigenvalue weighted by Gasteiger charge is -2.12. The molecule has 0 radical (unpaired) electrons. The number of benzene rings is 8. The Morgan fingerprint density at radius 1 is 0.295 bits per heavy atom. The second-order valence-electron chi connectivity index (χ2n) is 15.1. The Labute approximate surface area is 354 Å². The average molecular weight is 780 g/mol. The van der Waals surface area contributed by atoms with Crippen LogP contribution >= 0.6 is 0 Å². The van der Waals surface area contributed by atoms with Crippen LogP contribution < -0.4 is 0 Å². The van der Waals surface area contributed by atoms with Gasteiger partial charge in [0, 0.05) is 38.9 Å². The zero-order valence-corrected chi connectivity index (χ0v) is 33.1. The van der Waals surface area contributed by atoms with Crippen molar-refractivity contribution in [2.24, 2.45) is 0 Å². The van der Waals surface area contributed by atoms with E-state index in [2.05, 4.69) is 168 Å². The van der Waals surface area contributed by atoms with E-state index in [1.54, 1.807) is 0 Å². The molecule has 0 saturated carbocycles. The highest BCUT2D eigenvalue weighted by molar-refractivity contribution is 6.14. The Balaban J connectivity index is 1.02. The third kappa shape index (κ3) is 6.84. The van der Waals surface area contributed by atoms with E-state index in [0.717, 1.165) is 94.8 Å². The highest BCUT2D eigenvalue weighted by Crippen LogP contribution is 2.40. The lowest BCUT2D eigenvalue weighted by Crippen LogP contribution is -1.99. The highest BCUT2D eigenvalue weighted by atomic mass is 15.1. The lowest BCUT2D eigenvalue weighted by atomic mass is 9.95. The van der Waals surface area contributed by atoms with Gasteiger partial charge < -0.3 is 0 Å². The molecule has 0 amide bonds. The zero-order valence-electron chi connectivity index (χ0n) is 33.1. The summed E-state index contributed by atoms with van der Waals surface area (Å²) in [6.07, 6.45) is 0. The summed E-state index contributed by atoms with van der Waals surface area (Å²) in [6, 6.07) is 78.0. The Hall–Kier alpha value is -8.28. The zero-order chi connectivity index (χ0) is 40.5. The van der Waals surface area contributed by atoms with Gasteiger partial charge in [-0.15, -0.1) is 0 Å². The van der Waals surface area contributed by atoms with Gasteiger partial charge in [-0.2, -0.15) is 0 Å². The summed E-state index contributed by atoms with van der Waals surface area (Å²) in [5, 5.41) is 2.14. The predicted octanol–water partition coefficient (Wildman–Crippen LogP) is 14.0. The van der Waals surface area contributed by atoms with Gasteiger partial charge in [0.2, 0.25) is 0 Å². The van der Waals surface area contributed by atoms with Crippen LogP contribution in [0.5, 0.6) is 0 Å². The summed E-state index contributed by atoms with van der Waals surface area (Å²) in [6.45, 7) is 0. The largest absolute Gasteiger partial charge is 0.294 e. The van der Waals surface area contributed by atoms with Crippen LogP contribution in [0.15, 0.2) is 224 Å². The van der Waals surface area contributed by atoms with Crippen molar-refractivity contribution in [2.75, 3.05) is 0 Å². The van der Waals surface area contributed by atoms with E-state index in [-0.39, 0.29) is 0 Å². The first-order valence-corrected chi connectivity index (χ1v) is 20.5. The van der Waals surface area contributed by atoms with E-state index in [1.807, 2.05) is 60.7 Å². The van der Waals surface area contributed by atoms with Crippen molar-refractivity contribution in [3.05, 3.63) is 224 Å². The van der Waals surface area contributed by atoms with Gasteiger partial charge in [0.05, 0.1) is 28.0 Å². The molecule has 11 rings (SSSR count). The van der Waals surface area contributed by atoms with E-state index in [4.69, 9.17) is 19.9 Å². The molecule has 0 N–H and O–H groups in total. The predicted molar refractivity (Wildman–Crippen MR) is 250 cm³/mol. The van der Waals surface area contributed by atoms with Gasteiger partial charge in [-0.3, -0.25) is 4.57 Å². The Kier molecular flexibility index (Phi) is 9.10. The average Bonchev–Trinajstić information content (AvgIpc) is 3.69. The van der Waals surface area contributed by atoms with Crippen LogP contribution in [0.25, 0.3) is 106 Å². The molecule has 0 bridgehead atoms. The highest BCUT2D eigenvalue weighted by Gasteiger charge is 2.21. The first-order valence-electron chi connectivity index (χ1n) is 20.5. The summed E-state index contributed by atoms with van der Waals surface area (Å²) < 4.78 is 2.26. The molecule has 0 aliphatic rings. The maximum atomic E-state index is 5.35. The number of nitrogens with zero attached hydrogens (tertiary/aromatic N) is 5. The van der Waals surface area contributed by atoms with Crippen molar-refractivity contribution >= 4 is 21.9 Å². The summed E-state index contributed by atoms with van der Waals surface area (Å²) >= 11 is 0. The molecule has 0 aliphatic carbocycles. The number of fused-ring (bicyclic) bond motifs is 3. The molecular formula is C56H37N5. The Bertz CT molecular complexity index is 3280. The van der Waals surface area contributed by atoms with E-state index >= 15 is 0 Å². The molecule has 0 fully saturated rings. The van der Waals surface area contributed by atoms with Gasteiger partial charge in [-0.1, -0.05) is 182 Å². The van der Waals surface area contributed by atoms with Crippen LogP contribution in [-0.2, 0) is 0 Å². The molecular weight excluding hydrogens is 743 g/mol. The number of rotatable bonds is 8. The van der Waals surface area contributed by atoms with Crippen molar-refractivity contribution in [3.63, 3.8) is 0 Å². The first-order chi connectivity index (χ1) is 30.2. The van der Waals surface area contributed by atoms with Crippen LogP contribution in [0.3, 0.4) is 0 Å². The Morgan fingerprint density at radius 2 is 0.721 bits per heavy atom. The molecule has 3 aromatic heterocycles. The number of para-hydroxylation sites is 2. The van der Waals surface area contributed by atoms with Crippen LogP contribution in [0.4, 0.5) is 0 Å². The number of hydrogen-bond donors (Lipinski definition) is 0. The fraction of sp³-hybridized carbons (Fsp3) is 0. The van der Waals surface area contributed by atoms with Gasteiger partial charge in [-0.25, -0.2) is 19.9 Å². The third-order valence-corrected chi connectivity index (χ3v) is 11.2. The van der Waals surface area contributed by atoms with E-state index in [0.29, 0.717) is 11.6 Å². The van der Waals surface area contributed by atoms with Crippen molar-refractivity contribution in [1.29, 1.82) is 0 Å². The molecule has 0 unspecified atom stereocenters. The van der Waals surface area contributed by atoms with Gasteiger partial charge >= 0.3 is 0 Å². The maximum Gasteiger partial charge on any atom is 0.162 e. The molecule has 11 aromatic rings. The number of aromatic nitrogens is 5. The smallest absolute Gasteiger partial charge is 0.162 e. The molecule has 3 heterocycles. The van der Waals surface area contributed by atoms with Gasteiger partial charge in [-0.05, 0) is 64.7 Å². The normalized spacial score (nSPS) is 11.3. The van der Waals surface area contributed by atoms with Gasteiger partial charge in [0.25, 0.3) is 0 Å². The molecule has 61 heavy (non-hydrogen) atoms. The van der Waals surface area contributed by atoms with Crippen molar-refractivity contribution in [2.45, 2.75) is 0 Å². The van der Waals surface area contributed by atoms with Crippen molar-refractivity contribution in [1.82, 2.24) is 24.5 Å². The quantitative estimate of drug-likeness (QED) is 0.154. The summed E-state index contributed by atoms with van der Waals surface area (Å²) in [5.41, 5.74) is 15.2. The SMILES string of the molecule is c1ccc(-c2cc(-c3cccc(-c4cccc(-c5cccc(-c6nc(-c7ccccc7)nc7c6c6ccccc6n7-c6ccccc6)c5)c4)c3)nc(-c3ccccc3)n2)cc1. The molecule has 5 nitrogen and oxygen atoms in total.